The van der Waals surface area contributed by atoms with Gasteiger partial charge in [0.15, 0.2) is 0 Å². The van der Waals surface area contributed by atoms with Crippen LogP contribution >= 0.6 is 0 Å². The van der Waals surface area contributed by atoms with Crippen LogP contribution in [0, 0.1) is 13.0 Å². The minimum Gasteiger partial charge on any atom is -0.491 e. The van der Waals surface area contributed by atoms with Crippen LogP contribution in [0.1, 0.15) is 19.4 Å². The van der Waals surface area contributed by atoms with Gasteiger partial charge in [-0.3, -0.25) is 0 Å². The summed E-state index contributed by atoms with van der Waals surface area (Å²) in [7, 11) is 0. The van der Waals surface area contributed by atoms with Crippen molar-refractivity contribution in [2.75, 3.05) is 0 Å². The van der Waals surface area contributed by atoms with Gasteiger partial charge in [-0.25, -0.2) is 0 Å². The first kappa shape index (κ1) is 8.12. The molecule has 0 unspecified atom stereocenters. The van der Waals surface area contributed by atoms with Gasteiger partial charge in [0, 0.05) is 0 Å². The van der Waals surface area contributed by atoms with Crippen LogP contribution in [0.3, 0.4) is 0 Å². The van der Waals surface area contributed by atoms with Crippen LogP contribution in [0.5, 0.6) is 5.75 Å². The highest BCUT2D eigenvalue weighted by atomic mass is 16.5. The van der Waals surface area contributed by atoms with E-state index in [2.05, 4.69) is 6.07 Å². The van der Waals surface area contributed by atoms with Crippen molar-refractivity contribution in [2.45, 2.75) is 26.9 Å². The van der Waals surface area contributed by atoms with Crippen LogP contribution in [0.15, 0.2) is 18.2 Å². The maximum Gasteiger partial charge on any atom is 0.120 e. The van der Waals surface area contributed by atoms with Crippen molar-refractivity contribution >= 4 is 0 Å². The average molecular weight is 149 g/mol. The molecule has 0 aliphatic rings. The number of hydrogen-bond acceptors (Lipinski definition) is 1. The van der Waals surface area contributed by atoms with Gasteiger partial charge in [0.25, 0.3) is 0 Å². The van der Waals surface area contributed by atoms with Gasteiger partial charge in [0.1, 0.15) is 5.75 Å². The molecule has 0 saturated heterocycles. The lowest BCUT2D eigenvalue weighted by Crippen LogP contribution is -2.05. The minimum atomic E-state index is 0.242. The molecular weight excluding hydrogens is 136 g/mol. The van der Waals surface area contributed by atoms with Crippen molar-refractivity contribution in [1.82, 2.24) is 0 Å². The first-order valence-electron chi connectivity index (χ1n) is 3.83. The molecule has 1 heteroatoms. The van der Waals surface area contributed by atoms with E-state index in [-0.39, 0.29) is 6.10 Å². The fourth-order valence-corrected chi connectivity index (χ4v) is 0.834. The SMILES string of the molecule is Cc1[c]cc(OC(C)C)cc1. The summed E-state index contributed by atoms with van der Waals surface area (Å²) in [4.78, 5) is 0. The third-order valence-corrected chi connectivity index (χ3v) is 1.31. The second-order valence-electron chi connectivity index (χ2n) is 2.87. The first-order valence-corrected chi connectivity index (χ1v) is 3.83. The van der Waals surface area contributed by atoms with Crippen molar-refractivity contribution in [3.63, 3.8) is 0 Å². The number of ether oxygens (including phenoxy) is 1. The van der Waals surface area contributed by atoms with Crippen molar-refractivity contribution in [3.8, 4) is 5.75 Å². The molecule has 0 aliphatic heterocycles. The van der Waals surface area contributed by atoms with E-state index >= 15 is 0 Å². The Morgan fingerprint density at radius 3 is 2.55 bits per heavy atom. The van der Waals surface area contributed by atoms with E-state index in [4.69, 9.17) is 4.74 Å². The highest BCUT2D eigenvalue weighted by Crippen LogP contribution is 2.12. The molecule has 0 aromatic heterocycles. The number of aryl methyl sites for hydroxylation is 1. The van der Waals surface area contributed by atoms with Crippen LogP contribution in [0.25, 0.3) is 0 Å². The van der Waals surface area contributed by atoms with Gasteiger partial charge in [-0.2, -0.15) is 0 Å². The Morgan fingerprint density at radius 2 is 2.09 bits per heavy atom. The van der Waals surface area contributed by atoms with E-state index in [0.29, 0.717) is 0 Å². The monoisotopic (exact) mass is 149 g/mol. The van der Waals surface area contributed by atoms with E-state index < -0.39 is 0 Å². The lowest BCUT2D eigenvalue weighted by atomic mass is 10.2. The van der Waals surface area contributed by atoms with Crippen molar-refractivity contribution in [2.24, 2.45) is 0 Å². The van der Waals surface area contributed by atoms with Crippen LogP contribution in [0.2, 0.25) is 0 Å². The van der Waals surface area contributed by atoms with E-state index in [1.54, 1.807) is 0 Å². The van der Waals surface area contributed by atoms with E-state index in [0.717, 1.165) is 11.3 Å². The molecule has 0 saturated carbocycles. The zero-order valence-electron chi connectivity index (χ0n) is 7.22. The predicted octanol–water partition coefficient (Wildman–Crippen LogP) is 2.58. The molecule has 1 aromatic rings. The summed E-state index contributed by atoms with van der Waals surface area (Å²) in [6.45, 7) is 6.04. The molecule has 0 bridgehead atoms. The summed E-state index contributed by atoms with van der Waals surface area (Å²) in [6.07, 6.45) is 0.242. The van der Waals surface area contributed by atoms with Crippen molar-refractivity contribution in [1.29, 1.82) is 0 Å². The van der Waals surface area contributed by atoms with Crippen molar-refractivity contribution < 1.29 is 4.74 Å². The fourth-order valence-electron chi connectivity index (χ4n) is 0.834. The summed E-state index contributed by atoms with van der Waals surface area (Å²) >= 11 is 0. The maximum atomic E-state index is 5.44. The smallest absolute Gasteiger partial charge is 0.120 e. The molecular formula is C10H13O. The third kappa shape index (κ3) is 2.62. The van der Waals surface area contributed by atoms with Gasteiger partial charge in [0.2, 0.25) is 0 Å². The van der Waals surface area contributed by atoms with Crippen LogP contribution in [0.4, 0.5) is 0 Å². The Kier molecular flexibility index (Phi) is 2.53. The van der Waals surface area contributed by atoms with Crippen molar-refractivity contribution in [3.05, 3.63) is 29.8 Å². The summed E-state index contributed by atoms with van der Waals surface area (Å²) in [5.41, 5.74) is 1.14. The van der Waals surface area contributed by atoms with E-state index in [1.165, 1.54) is 0 Å². The van der Waals surface area contributed by atoms with Gasteiger partial charge >= 0.3 is 0 Å². The largest absolute Gasteiger partial charge is 0.491 e. The summed E-state index contributed by atoms with van der Waals surface area (Å²) < 4.78 is 5.44. The molecule has 0 heterocycles. The molecule has 0 spiro atoms. The van der Waals surface area contributed by atoms with Crippen LogP contribution in [-0.2, 0) is 0 Å². The zero-order valence-corrected chi connectivity index (χ0v) is 7.22. The fraction of sp³-hybridized carbons (Fsp3) is 0.400. The normalized spacial score (nSPS) is 10.2. The highest BCUT2D eigenvalue weighted by Gasteiger charge is 1.95. The molecule has 0 amide bonds. The summed E-state index contributed by atoms with van der Waals surface area (Å²) in [5.74, 6) is 0.894. The molecule has 0 fully saturated rings. The molecule has 1 radical (unpaired) electrons. The Balaban J connectivity index is 2.66. The molecule has 0 N–H and O–H groups in total. The zero-order chi connectivity index (χ0) is 8.27. The van der Waals surface area contributed by atoms with Gasteiger partial charge < -0.3 is 4.74 Å². The van der Waals surface area contributed by atoms with Gasteiger partial charge in [-0.15, -0.1) is 0 Å². The highest BCUT2D eigenvalue weighted by molar-refractivity contribution is 5.25. The number of rotatable bonds is 2. The van der Waals surface area contributed by atoms with E-state index in [1.807, 2.05) is 39.0 Å². The number of hydrogen-bond donors (Lipinski definition) is 0. The minimum absolute atomic E-state index is 0.242. The molecule has 59 valence electrons. The number of benzene rings is 1. The van der Waals surface area contributed by atoms with Gasteiger partial charge in [-0.05, 0) is 44.5 Å². The molecule has 1 rings (SSSR count). The van der Waals surface area contributed by atoms with Gasteiger partial charge in [-0.1, -0.05) is 6.07 Å². The molecule has 1 nitrogen and oxygen atoms in total. The van der Waals surface area contributed by atoms with Gasteiger partial charge in [0.05, 0.1) is 6.10 Å². The lowest BCUT2D eigenvalue weighted by molar-refractivity contribution is 0.242. The maximum absolute atomic E-state index is 5.44. The topological polar surface area (TPSA) is 9.23 Å². The molecule has 0 aliphatic carbocycles. The van der Waals surface area contributed by atoms with E-state index in [9.17, 15) is 0 Å². The molecule has 1 aromatic carbocycles. The summed E-state index contributed by atoms with van der Waals surface area (Å²) in [6, 6.07) is 8.91. The second-order valence-corrected chi connectivity index (χ2v) is 2.87. The lowest BCUT2D eigenvalue weighted by Gasteiger charge is -2.08. The molecule has 0 atom stereocenters. The average Bonchev–Trinajstić information content (AvgIpc) is 1.93. The standard InChI is InChI=1S/C10H13O/c1-8(2)11-10-6-4-9(3)5-7-10/h4,6-8H,1-3H3. The quantitative estimate of drug-likeness (QED) is 0.628. The Labute approximate surface area is 68.0 Å². The Hall–Kier alpha value is -0.980. The third-order valence-electron chi connectivity index (χ3n) is 1.31. The Morgan fingerprint density at radius 1 is 1.36 bits per heavy atom. The molecule has 11 heavy (non-hydrogen) atoms. The van der Waals surface area contributed by atoms with Crippen LogP contribution < -0.4 is 4.74 Å². The predicted molar refractivity (Wildman–Crippen MR) is 45.8 cm³/mol. The van der Waals surface area contributed by atoms with Crippen LogP contribution in [-0.4, -0.2) is 6.10 Å². The Bertz CT molecular complexity index is 211. The first-order chi connectivity index (χ1) is 5.18. The second kappa shape index (κ2) is 3.42. The summed E-state index contributed by atoms with van der Waals surface area (Å²) in [5, 5.41) is 0.